The van der Waals surface area contributed by atoms with Crippen LogP contribution >= 0.6 is 0 Å². The van der Waals surface area contributed by atoms with E-state index in [1.165, 1.54) is 11.3 Å². The number of nitrogens with zero attached hydrogens (tertiary/aromatic N) is 2. The van der Waals surface area contributed by atoms with E-state index in [1.807, 2.05) is 17.9 Å². The van der Waals surface area contributed by atoms with Gasteiger partial charge in [-0.05, 0) is 23.8 Å². The molecule has 2 atom stereocenters. The van der Waals surface area contributed by atoms with Crippen LogP contribution in [-0.2, 0) is 7.05 Å². The van der Waals surface area contributed by atoms with Gasteiger partial charge in [-0.2, -0.15) is 5.10 Å². The molecule has 1 saturated carbocycles. The first kappa shape index (κ1) is 9.71. The lowest BCUT2D eigenvalue weighted by atomic mass is 10.1. The fourth-order valence-electron chi connectivity index (χ4n) is 2.63. The average molecular weight is 194 g/mol. The Hall–Kier alpha value is -0.830. The van der Waals surface area contributed by atoms with E-state index in [9.17, 15) is 5.11 Å². The van der Waals surface area contributed by atoms with Gasteiger partial charge in [-0.3, -0.25) is 4.68 Å². The second-order valence-corrected chi connectivity index (χ2v) is 4.92. The first-order valence-electron chi connectivity index (χ1n) is 5.09. The molecular weight excluding hydrogens is 176 g/mol. The molecule has 0 amide bonds. The highest BCUT2D eigenvalue weighted by Gasteiger charge is 2.59. The van der Waals surface area contributed by atoms with Crippen molar-refractivity contribution in [3.05, 3.63) is 17.5 Å². The largest absolute Gasteiger partial charge is 0.396 e. The van der Waals surface area contributed by atoms with Gasteiger partial charge in [0.15, 0.2) is 0 Å². The molecule has 1 aromatic rings. The molecule has 0 aromatic carbocycles. The summed E-state index contributed by atoms with van der Waals surface area (Å²) in [5.74, 6) is 0.872. The Kier molecular flexibility index (Phi) is 1.96. The third kappa shape index (κ3) is 1.12. The first-order valence-corrected chi connectivity index (χ1v) is 5.09. The van der Waals surface area contributed by atoms with Crippen LogP contribution in [-0.4, -0.2) is 21.5 Å². The van der Waals surface area contributed by atoms with Crippen LogP contribution in [0.2, 0.25) is 0 Å². The Bertz CT molecular complexity index is 335. The molecule has 0 aliphatic heterocycles. The van der Waals surface area contributed by atoms with Crippen molar-refractivity contribution in [2.24, 2.45) is 18.4 Å². The van der Waals surface area contributed by atoms with Crippen LogP contribution < -0.4 is 0 Å². The van der Waals surface area contributed by atoms with Crippen molar-refractivity contribution in [3.63, 3.8) is 0 Å². The normalized spacial score (nSPS) is 29.2. The first-order chi connectivity index (χ1) is 6.50. The van der Waals surface area contributed by atoms with Crippen LogP contribution in [0, 0.1) is 18.3 Å². The third-order valence-corrected chi connectivity index (χ3v) is 3.72. The summed E-state index contributed by atoms with van der Waals surface area (Å²) in [6.07, 6.45) is 1.90. The highest BCUT2D eigenvalue weighted by Crippen LogP contribution is 2.64. The summed E-state index contributed by atoms with van der Waals surface area (Å²) in [5, 5.41) is 13.5. The zero-order valence-electron chi connectivity index (χ0n) is 9.28. The summed E-state index contributed by atoms with van der Waals surface area (Å²) in [4.78, 5) is 0. The van der Waals surface area contributed by atoms with Gasteiger partial charge >= 0.3 is 0 Å². The molecule has 0 radical (unpaired) electrons. The van der Waals surface area contributed by atoms with E-state index < -0.39 is 0 Å². The summed E-state index contributed by atoms with van der Waals surface area (Å²) in [5.41, 5.74) is 2.75. The van der Waals surface area contributed by atoms with Gasteiger partial charge in [-0.25, -0.2) is 0 Å². The highest BCUT2D eigenvalue weighted by molar-refractivity contribution is 5.31. The molecule has 2 rings (SSSR count). The molecule has 3 nitrogen and oxygen atoms in total. The van der Waals surface area contributed by atoms with Gasteiger partial charge in [0.1, 0.15) is 0 Å². The van der Waals surface area contributed by atoms with Gasteiger partial charge in [-0.15, -0.1) is 0 Å². The van der Waals surface area contributed by atoms with Crippen molar-refractivity contribution < 1.29 is 5.11 Å². The molecular formula is C11H18N2O. The second kappa shape index (κ2) is 2.83. The molecule has 14 heavy (non-hydrogen) atoms. The number of hydrogen-bond donors (Lipinski definition) is 1. The van der Waals surface area contributed by atoms with Gasteiger partial charge in [0.25, 0.3) is 0 Å². The molecule has 2 unspecified atom stereocenters. The fraction of sp³-hybridized carbons (Fsp3) is 0.727. The van der Waals surface area contributed by atoms with Crippen molar-refractivity contribution in [3.8, 4) is 0 Å². The lowest BCUT2D eigenvalue weighted by Crippen LogP contribution is -2.00. The van der Waals surface area contributed by atoms with Crippen molar-refractivity contribution in [2.75, 3.05) is 6.61 Å². The predicted octanol–water partition coefficient (Wildman–Crippen LogP) is 1.46. The van der Waals surface area contributed by atoms with Crippen molar-refractivity contribution in [1.82, 2.24) is 9.78 Å². The SMILES string of the molecule is Cc1cnn(C)c1C1C(CO)C1(C)C. The number of aliphatic hydroxyl groups excluding tert-OH is 1. The molecule has 1 aliphatic carbocycles. The Morgan fingerprint density at radius 3 is 2.57 bits per heavy atom. The third-order valence-electron chi connectivity index (χ3n) is 3.72. The maximum Gasteiger partial charge on any atom is 0.0521 e. The standard InChI is InChI=1S/C11H18N2O/c1-7-5-12-13(4)10(7)9-8(6-14)11(9,2)3/h5,8-9,14H,6H2,1-4H3. The molecule has 1 fully saturated rings. The van der Waals surface area contributed by atoms with Gasteiger partial charge in [0, 0.05) is 25.3 Å². The summed E-state index contributed by atoms with van der Waals surface area (Å²) in [7, 11) is 1.98. The van der Waals surface area contributed by atoms with E-state index in [0.29, 0.717) is 11.8 Å². The summed E-state index contributed by atoms with van der Waals surface area (Å²) >= 11 is 0. The van der Waals surface area contributed by atoms with E-state index in [2.05, 4.69) is 25.9 Å². The minimum absolute atomic E-state index is 0.229. The molecule has 3 heteroatoms. The molecule has 1 aromatic heterocycles. The van der Waals surface area contributed by atoms with Crippen LogP contribution in [0.3, 0.4) is 0 Å². The van der Waals surface area contributed by atoms with Crippen molar-refractivity contribution in [2.45, 2.75) is 26.7 Å². The molecule has 1 heterocycles. The van der Waals surface area contributed by atoms with Crippen molar-refractivity contribution >= 4 is 0 Å². The maximum atomic E-state index is 9.26. The molecule has 0 bridgehead atoms. The second-order valence-electron chi connectivity index (χ2n) is 4.92. The molecule has 1 aliphatic rings. The monoisotopic (exact) mass is 194 g/mol. The van der Waals surface area contributed by atoms with Crippen LogP contribution in [0.4, 0.5) is 0 Å². The number of aromatic nitrogens is 2. The van der Waals surface area contributed by atoms with Crippen LogP contribution in [0.1, 0.15) is 31.0 Å². The molecule has 1 N–H and O–H groups in total. The molecule has 0 saturated heterocycles. The van der Waals surface area contributed by atoms with Crippen LogP contribution in [0.25, 0.3) is 0 Å². The number of hydrogen-bond acceptors (Lipinski definition) is 2. The zero-order valence-corrected chi connectivity index (χ0v) is 9.28. The summed E-state index contributed by atoms with van der Waals surface area (Å²) < 4.78 is 1.94. The Morgan fingerprint density at radius 2 is 2.21 bits per heavy atom. The quantitative estimate of drug-likeness (QED) is 0.774. The Morgan fingerprint density at radius 1 is 1.57 bits per heavy atom. The maximum absolute atomic E-state index is 9.26. The Labute approximate surface area is 84.7 Å². The van der Waals surface area contributed by atoms with Gasteiger partial charge in [-0.1, -0.05) is 13.8 Å². The number of aryl methyl sites for hydroxylation is 2. The number of rotatable bonds is 2. The average Bonchev–Trinajstić information content (AvgIpc) is 2.48. The van der Waals surface area contributed by atoms with E-state index in [1.54, 1.807) is 0 Å². The lowest BCUT2D eigenvalue weighted by Gasteiger charge is -2.04. The topological polar surface area (TPSA) is 38.0 Å². The van der Waals surface area contributed by atoms with E-state index in [0.717, 1.165) is 0 Å². The zero-order chi connectivity index (χ0) is 10.5. The predicted molar refractivity (Wildman–Crippen MR) is 55.0 cm³/mol. The van der Waals surface area contributed by atoms with Gasteiger partial charge < -0.3 is 5.11 Å². The lowest BCUT2D eigenvalue weighted by molar-refractivity contribution is 0.256. The highest BCUT2D eigenvalue weighted by atomic mass is 16.3. The van der Waals surface area contributed by atoms with E-state index >= 15 is 0 Å². The van der Waals surface area contributed by atoms with Crippen molar-refractivity contribution in [1.29, 1.82) is 0 Å². The van der Waals surface area contributed by atoms with Gasteiger partial charge in [0.2, 0.25) is 0 Å². The smallest absolute Gasteiger partial charge is 0.0521 e. The fourth-order valence-corrected chi connectivity index (χ4v) is 2.63. The van der Waals surface area contributed by atoms with E-state index in [-0.39, 0.29) is 12.0 Å². The molecule has 78 valence electrons. The van der Waals surface area contributed by atoms with E-state index in [4.69, 9.17) is 0 Å². The Balaban J connectivity index is 2.35. The number of aliphatic hydroxyl groups is 1. The summed E-state index contributed by atoms with van der Waals surface area (Å²) in [6.45, 7) is 6.80. The van der Waals surface area contributed by atoms with Crippen LogP contribution in [0.5, 0.6) is 0 Å². The van der Waals surface area contributed by atoms with Crippen LogP contribution in [0.15, 0.2) is 6.20 Å². The minimum atomic E-state index is 0.229. The summed E-state index contributed by atoms with van der Waals surface area (Å²) in [6, 6.07) is 0. The molecule has 0 spiro atoms. The minimum Gasteiger partial charge on any atom is -0.396 e. The van der Waals surface area contributed by atoms with Gasteiger partial charge in [0.05, 0.1) is 6.20 Å².